The normalized spacial score (nSPS) is 33.6. The maximum Gasteiger partial charge on any atom is 0.240 e. The van der Waals surface area contributed by atoms with Crippen molar-refractivity contribution >= 4 is 17.5 Å². The minimum atomic E-state index is -0.395. The molecule has 1 aromatic carbocycles. The molecule has 2 fully saturated rings. The van der Waals surface area contributed by atoms with Gasteiger partial charge in [-0.1, -0.05) is 12.2 Å². The Bertz CT molecular complexity index is 656. The zero-order valence-corrected chi connectivity index (χ0v) is 10.4. The van der Waals surface area contributed by atoms with Crippen molar-refractivity contribution in [2.45, 2.75) is 12.2 Å². The average Bonchev–Trinajstić information content (AvgIpc) is 3.14. The van der Waals surface area contributed by atoms with E-state index in [0.717, 1.165) is 0 Å². The Hall–Kier alpha value is -2.45. The molecule has 3 aliphatic heterocycles. The molecule has 0 unspecified atom stereocenters. The van der Waals surface area contributed by atoms with Crippen LogP contribution in [0.1, 0.15) is 5.56 Å². The zero-order chi connectivity index (χ0) is 13.9. The van der Waals surface area contributed by atoms with Gasteiger partial charge < -0.3 is 4.74 Å². The predicted octanol–water partition coefficient (Wildman–Crippen LogP) is 1.00. The van der Waals surface area contributed by atoms with Crippen LogP contribution >= 0.6 is 0 Å². The summed E-state index contributed by atoms with van der Waals surface area (Å²) in [4.78, 5) is 26.2. The SMILES string of the molecule is N#Cc1ccc(N2C(=O)[C@@H]3[C@@H](C2=O)[C@H]2C=C[C@@H]3O2)cc1. The highest BCUT2D eigenvalue weighted by Gasteiger charge is 2.60. The third kappa shape index (κ3) is 1.29. The molecule has 1 aromatic rings. The van der Waals surface area contributed by atoms with Gasteiger partial charge in [0.05, 0.1) is 41.4 Å². The van der Waals surface area contributed by atoms with Crippen LogP contribution in [0, 0.1) is 23.2 Å². The summed E-state index contributed by atoms with van der Waals surface area (Å²) in [6.07, 6.45) is 3.17. The van der Waals surface area contributed by atoms with Gasteiger partial charge >= 0.3 is 0 Å². The fourth-order valence-corrected chi connectivity index (χ4v) is 3.24. The number of carbonyl (C=O) groups excluding carboxylic acids is 2. The molecular weight excluding hydrogens is 256 g/mol. The molecule has 0 saturated carbocycles. The van der Waals surface area contributed by atoms with Gasteiger partial charge in [0.25, 0.3) is 0 Å². The van der Waals surface area contributed by atoms with Crippen LogP contribution in [0.25, 0.3) is 0 Å². The standard InChI is InChI=1S/C15H10N2O3/c16-7-8-1-3-9(4-2-8)17-14(18)12-10-5-6-11(20-10)13(12)15(17)19/h1-6,10-13H/t10-,11+,12-,13-/m0/s1. The summed E-state index contributed by atoms with van der Waals surface area (Å²) >= 11 is 0. The first kappa shape index (κ1) is 11.4. The lowest BCUT2D eigenvalue weighted by Gasteiger charge is -2.17. The molecule has 0 spiro atoms. The second-order valence-electron chi connectivity index (χ2n) is 5.17. The number of rotatable bonds is 1. The lowest BCUT2D eigenvalue weighted by atomic mass is 9.85. The number of hydrogen-bond acceptors (Lipinski definition) is 4. The Balaban J connectivity index is 1.72. The molecule has 0 N–H and O–H groups in total. The first-order chi connectivity index (χ1) is 9.70. The number of ether oxygens (including phenoxy) is 1. The van der Waals surface area contributed by atoms with Crippen LogP contribution in [0.15, 0.2) is 36.4 Å². The molecule has 0 aromatic heterocycles. The average molecular weight is 266 g/mol. The lowest BCUT2D eigenvalue weighted by molar-refractivity contribution is -0.124. The van der Waals surface area contributed by atoms with Crippen molar-refractivity contribution in [3.8, 4) is 6.07 Å². The van der Waals surface area contributed by atoms with Gasteiger partial charge in [-0.05, 0) is 24.3 Å². The van der Waals surface area contributed by atoms with Gasteiger partial charge in [-0.15, -0.1) is 0 Å². The summed E-state index contributed by atoms with van der Waals surface area (Å²) in [5, 5.41) is 8.78. The number of carbonyl (C=O) groups is 2. The number of amides is 2. The van der Waals surface area contributed by atoms with Crippen molar-refractivity contribution < 1.29 is 14.3 Å². The molecule has 0 aliphatic carbocycles. The highest BCUT2D eigenvalue weighted by molar-refractivity contribution is 6.23. The van der Waals surface area contributed by atoms with Gasteiger partial charge in [0.2, 0.25) is 11.8 Å². The van der Waals surface area contributed by atoms with Gasteiger partial charge in [-0.25, -0.2) is 4.90 Å². The smallest absolute Gasteiger partial charge is 0.240 e. The predicted molar refractivity (Wildman–Crippen MR) is 68.4 cm³/mol. The van der Waals surface area contributed by atoms with Crippen molar-refractivity contribution in [3.05, 3.63) is 42.0 Å². The van der Waals surface area contributed by atoms with Crippen molar-refractivity contribution in [3.63, 3.8) is 0 Å². The van der Waals surface area contributed by atoms with Gasteiger partial charge in [-0.3, -0.25) is 9.59 Å². The summed E-state index contributed by atoms with van der Waals surface area (Å²) < 4.78 is 5.58. The van der Waals surface area contributed by atoms with Crippen LogP contribution < -0.4 is 4.90 Å². The number of anilines is 1. The molecule has 2 amide bonds. The second-order valence-corrected chi connectivity index (χ2v) is 5.17. The number of nitrogens with zero attached hydrogens (tertiary/aromatic N) is 2. The van der Waals surface area contributed by atoms with Gasteiger partial charge in [0.1, 0.15) is 0 Å². The van der Waals surface area contributed by atoms with E-state index < -0.39 is 11.8 Å². The Morgan fingerprint density at radius 1 is 1.00 bits per heavy atom. The van der Waals surface area contributed by atoms with Gasteiger partial charge in [0.15, 0.2) is 0 Å². The molecule has 3 aliphatic rings. The van der Waals surface area contributed by atoms with E-state index in [2.05, 4.69) is 0 Å². The quantitative estimate of drug-likeness (QED) is 0.561. The Morgan fingerprint density at radius 3 is 2.05 bits per heavy atom. The molecular formula is C15H10N2O3. The zero-order valence-electron chi connectivity index (χ0n) is 10.4. The van der Waals surface area contributed by atoms with Crippen LogP contribution in [-0.4, -0.2) is 24.0 Å². The van der Waals surface area contributed by atoms with Crippen molar-refractivity contribution in [1.29, 1.82) is 5.26 Å². The third-order valence-corrected chi connectivity index (χ3v) is 4.17. The molecule has 20 heavy (non-hydrogen) atoms. The van der Waals surface area contributed by atoms with Gasteiger partial charge in [0, 0.05) is 0 Å². The summed E-state index contributed by atoms with van der Waals surface area (Å²) in [6.45, 7) is 0. The molecule has 3 heterocycles. The second kappa shape index (κ2) is 3.78. The first-order valence-electron chi connectivity index (χ1n) is 6.42. The molecule has 2 bridgehead atoms. The first-order valence-corrected chi connectivity index (χ1v) is 6.42. The van der Waals surface area contributed by atoms with Crippen LogP contribution in [0.2, 0.25) is 0 Å². The minimum Gasteiger partial charge on any atom is -0.365 e. The van der Waals surface area contributed by atoms with Crippen LogP contribution in [0.4, 0.5) is 5.69 Å². The molecule has 98 valence electrons. The number of imide groups is 1. The fraction of sp³-hybridized carbons (Fsp3) is 0.267. The van der Waals surface area contributed by atoms with E-state index in [9.17, 15) is 9.59 Å². The highest BCUT2D eigenvalue weighted by atomic mass is 16.5. The van der Waals surface area contributed by atoms with E-state index in [4.69, 9.17) is 10.00 Å². The maximum absolute atomic E-state index is 12.5. The number of fused-ring (bicyclic) bond motifs is 5. The van der Waals surface area contributed by atoms with E-state index in [1.807, 2.05) is 18.2 Å². The van der Waals surface area contributed by atoms with E-state index in [1.165, 1.54) is 4.90 Å². The summed E-state index contributed by atoms with van der Waals surface area (Å²) in [7, 11) is 0. The monoisotopic (exact) mass is 266 g/mol. The van der Waals surface area contributed by atoms with Gasteiger partial charge in [-0.2, -0.15) is 5.26 Å². The Morgan fingerprint density at radius 2 is 1.55 bits per heavy atom. The molecule has 0 radical (unpaired) electrons. The van der Waals surface area contributed by atoms with Crippen LogP contribution in [-0.2, 0) is 14.3 Å². The van der Waals surface area contributed by atoms with Crippen molar-refractivity contribution in [1.82, 2.24) is 0 Å². The Labute approximate surface area is 115 Å². The Kier molecular flexibility index (Phi) is 2.15. The number of benzene rings is 1. The van der Waals surface area contributed by atoms with E-state index in [1.54, 1.807) is 24.3 Å². The molecule has 4 rings (SSSR count). The van der Waals surface area contributed by atoms with E-state index in [-0.39, 0.29) is 24.0 Å². The van der Waals surface area contributed by atoms with E-state index in [0.29, 0.717) is 11.3 Å². The molecule has 2 saturated heterocycles. The molecule has 4 atom stereocenters. The lowest BCUT2D eigenvalue weighted by Crippen LogP contribution is -2.34. The third-order valence-electron chi connectivity index (χ3n) is 4.17. The fourth-order valence-electron chi connectivity index (χ4n) is 3.24. The van der Waals surface area contributed by atoms with Crippen molar-refractivity contribution in [2.75, 3.05) is 4.90 Å². The molecule has 5 nitrogen and oxygen atoms in total. The molecule has 5 heteroatoms. The summed E-state index contributed by atoms with van der Waals surface area (Å²) in [5.74, 6) is -1.20. The topological polar surface area (TPSA) is 70.4 Å². The van der Waals surface area contributed by atoms with E-state index >= 15 is 0 Å². The largest absolute Gasteiger partial charge is 0.365 e. The minimum absolute atomic E-state index is 0.207. The summed E-state index contributed by atoms with van der Waals surface area (Å²) in [6, 6.07) is 8.48. The number of nitriles is 1. The maximum atomic E-state index is 12.5. The van der Waals surface area contributed by atoms with Crippen molar-refractivity contribution in [2.24, 2.45) is 11.8 Å². The summed E-state index contributed by atoms with van der Waals surface area (Å²) in [5.41, 5.74) is 1.02. The number of hydrogen-bond donors (Lipinski definition) is 0. The highest BCUT2D eigenvalue weighted by Crippen LogP contribution is 2.46. The van der Waals surface area contributed by atoms with Crippen LogP contribution in [0.3, 0.4) is 0 Å². The van der Waals surface area contributed by atoms with Crippen LogP contribution in [0.5, 0.6) is 0 Å².